The number of carbonyl (C=O) groups excluding carboxylic acids is 1. The summed E-state index contributed by atoms with van der Waals surface area (Å²) in [5.41, 5.74) is 2.33. The van der Waals surface area contributed by atoms with Crippen molar-refractivity contribution in [1.82, 2.24) is 23.8 Å². The largest absolute Gasteiger partial charge is 0.493 e. The fourth-order valence-corrected chi connectivity index (χ4v) is 5.87. The van der Waals surface area contributed by atoms with Crippen molar-refractivity contribution in [2.45, 2.75) is 38.5 Å². The maximum atomic E-state index is 13.4. The van der Waals surface area contributed by atoms with Crippen LogP contribution in [0, 0.1) is 6.92 Å². The summed E-state index contributed by atoms with van der Waals surface area (Å²) < 4.78 is 22.7. The molecule has 0 spiro atoms. The van der Waals surface area contributed by atoms with Gasteiger partial charge in [-0.1, -0.05) is 13.3 Å². The van der Waals surface area contributed by atoms with E-state index in [-0.39, 0.29) is 18.0 Å². The third-order valence-corrected chi connectivity index (χ3v) is 7.97. The molecule has 3 heterocycles. The number of rotatable bonds is 10. The number of β-amino-alcohol motifs (C(OH)–C–C–N with tert-alkyl or cyclic N) is 1. The van der Waals surface area contributed by atoms with E-state index in [2.05, 4.69) is 9.88 Å². The van der Waals surface area contributed by atoms with Crippen LogP contribution in [-0.4, -0.2) is 85.3 Å². The highest BCUT2D eigenvalue weighted by molar-refractivity contribution is 7.82. The molecule has 1 aliphatic heterocycles. The minimum Gasteiger partial charge on any atom is -0.493 e. The molecule has 0 radical (unpaired) electrons. The van der Waals surface area contributed by atoms with Gasteiger partial charge in [0.15, 0.2) is 12.1 Å². The lowest BCUT2D eigenvalue weighted by Crippen LogP contribution is -2.47. The van der Waals surface area contributed by atoms with Gasteiger partial charge in [0.1, 0.15) is 22.3 Å². The first kappa shape index (κ1) is 26.2. The number of H-pyrrole nitrogens is 1. The van der Waals surface area contributed by atoms with E-state index >= 15 is 0 Å². The van der Waals surface area contributed by atoms with Crippen molar-refractivity contribution >= 4 is 22.8 Å². The number of aliphatic hydroxyl groups excluding tert-OH is 1. The van der Waals surface area contributed by atoms with Crippen molar-refractivity contribution in [3.8, 4) is 17.1 Å². The van der Waals surface area contributed by atoms with Gasteiger partial charge in [-0.25, -0.2) is 13.0 Å². The second kappa shape index (κ2) is 11.5. The zero-order valence-electron chi connectivity index (χ0n) is 21.0. The second-order valence-corrected chi connectivity index (χ2v) is 10.2. The van der Waals surface area contributed by atoms with E-state index < -0.39 is 11.0 Å². The zero-order chi connectivity index (χ0) is 25.8. The van der Waals surface area contributed by atoms with E-state index in [1.54, 1.807) is 29.6 Å². The molecule has 2 N–H and O–H groups in total. The molecule has 3 aromatic rings. The Morgan fingerprint density at radius 2 is 1.97 bits per heavy atom. The standard InChI is InChI=1S/C25H33N5O5S/c1-4-6-21-20(16-32)17(3)23-25(33)26-24(27-30(21)23)19-15-18(7-8-22(19)35-5-2)36(34)29-11-9-28(10-12-29)13-14-31/h7-8,15-16,31H,4-6,9-14H2,1-3H3,(H,26,27,33). The van der Waals surface area contributed by atoms with Crippen molar-refractivity contribution in [3.63, 3.8) is 0 Å². The Labute approximate surface area is 212 Å². The van der Waals surface area contributed by atoms with Gasteiger partial charge in [0.2, 0.25) is 0 Å². The highest BCUT2D eigenvalue weighted by Crippen LogP contribution is 2.31. The number of piperazine rings is 1. The number of nitrogens with one attached hydrogen (secondary N) is 1. The van der Waals surface area contributed by atoms with Gasteiger partial charge in [0, 0.05) is 38.3 Å². The predicted molar refractivity (Wildman–Crippen MR) is 138 cm³/mol. The van der Waals surface area contributed by atoms with Crippen molar-refractivity contribution in [2.24, 2.45) is 0 Å². The predicted octanol–water partition coefficient (Wildman–Crippen LogP) is 1.79. The first-order chi connectivity index (χ1) is 17.4. The SMILES string of the molecule is CCCc1c(C=O)c(C)c2c(=O)[nH]c(-c3cc(S(=O)N4CCN(CCO)CC4)ccc3OCC)nn12. The van der Waals surface area contributed by atoms with Crippen LogP contribution in [0.1, 0.15) is 41.9 Å². The number of hydrogen-bond donors (Lipinski definition) is 2. The summed E-state index contributed by atoms with van der Waals surface area (Å²) in [4.78, 5) is 30.5. The molecule has 0 bridgehead atoms. The Hall–Kier alpha value is -2.86. The van der Waals surface area contributed by atoms with E-state index in [4.69, 9.17) is 14.9 Å². The summed E-state index contributed by atoms with van der Waals surface area (Å²) >= 11 is 0. The summed E-state index contributed by atoms with van der Waals surface area (Å²) in [7, 11) is -1.41. The lowest BCUT2D eigenvalue weighted by atomic mass is 10.1. The molecule has 0 aliphatic carbocycles. The molecule has 1 saturated heterocycles. The van der Waals surface area contributed by atoms with E-state index in [0.29, 0.717) is 71.2 Å². The van der Waals surface area contributed by atoms with Gasteiger partial charge in [-0.05, 0) is 44.0 Å². The molecule has 194 valence electrons. The minimum atomic E-state index is -1.41. The van der Waals surface area contributed by atoms with Crippen molar-refractivity contribution in [2.75, 3.05) is 45.9 Å². The van der Waals surface area contributed by atoms with Gasteiger partial charge < -0.3 is 14.8 Å². The quantitative estimate of drug-likeness (QED) is 0.395. The number of ether oxygens (including phenoxy) is 1. The van der Waals surface area contributed by atoms with Crippen LogP contribution in [0.4, 0.5) is 0 Å². The van der Waals surface area contributed by atoms with E-state index in [1.165, 1.54) is 0 Å². The molecule has 1 aromatic carbocycles. The van der Waals surface area contributed by atoms with Gasteiger partial charge in [0.25, 0.3) is 5.56 Å². The summed E-state index contributed by atoms with van der Waals surface area (Å²) in [5.74, 6) is 0.803. The fourth-order valence-electron chi connectivity index (χ4n) is 4.67. The number of aldehydes is 1. The van der Waals surface area contributed by atoms with Crippen LogP contribution >= 0.6 is 0 Å². The van der Waals surface area contributed by atoms with Crippen LogP contribution in [0.2, 0.25) is 0 Å². The molecule has 1 aliphatic rings. The summed E-state index contributed by atoms with van der Waals surface area (Å²) in [6.45, 7) is 9.46. The van der Waals surface area contributed by atoms with Gasteiger partial charge >= 0.3 is 0 Å². The Bertz CT molecular complexity index is 1330. The van der Waals surface area contributed by atoms with Gasteiger partial charge in [0.05, 0.1) is 29.4 Å². The Morgan fingerprint density at radius 3 is 2.61 bits per heavy atom. The maximum Gasteiger partial charge on any atom is 0.275 e. The Balaban J connectivity index is 1.77. The Kier molecular flexibility index (Phi) is 8.35. The van der Waals surface area contributed by atoms with Crippen LogP contribution < -0.4 is 10.3 Å². The van der Waals surface area contributed by atoms with E-state index in [1.807, 2.05) is 18.2 Å². The number of aryl methyl sites for hydroxylation is 2. The van der Waals surface area contributed by atoms with Crippen LogP contribution in [0.25, 0.3) is 16.9 Å². The molecular formula is C25H33N5O5S. The average molecular weight is 516 g/mol. The highest BCUT2D eigenvalue weighted by atomic mass is 32.2. The van der Waals surface area contributed by atoms with Crippen molar-refractivity contribution < 1.29 is 18.8 Å². The smallest absolute Gasteiger partial charge is 0.275 e. The normalized spacial score (nSPS) is 15.9. The van der Waals surface area contributed by atoms with Crippen LogP contribution in [0.5, 0.6) is 5.75 Å². The molecule has 0 amide bonds. The third kappa shape index (κ3) is 5.01. The number of nitrogens with zero attached hydrogens (tertiary/aromatic N) is 4. The first-order valence-corrected chi connectivity index (χ1v) is 13.4. The monoisotopic (exact) mass is 515 g/mol. The molecule has 4 rings (SSSR count). The topological polar surface area (TPSA) is 120 Å². The number of hydrogen-bond acceptors (Lipinski definition) is 7. The molecule has 36 heavy (non-hydrogen) atoms. The molecule has 0 saturated carbocycles. The first-order valence-electron chi connectivity index (χ1n) is 12.3. The molecule has 1 fully saturated rings. The summed E-state index contributed by atoms with van der Waals surface area (Å²) in [6, 6.07) is 5.28. The van der Waals surface area contributed by atoms with Crippen molar-refractivity contribution in [3.05, 3.63) is 45.4 Å². The summed E-state index contributed by atoms with van der Waals surface area (Å²) in [5, 5.41) is 13.9. The Morgan fingerprint density at radius 1 is 1.22 bits per heavy atom. The number of aromatic nitrogens is 3. The molecule has 2 aromatic heterocycles. The summed E-state index contributed by atoms with van der Waals surface area (Å²) in [6.07, 6.45) is 2.17. The van der Waals surface area contributed by atoms with Gasteiger partial charge in [-0.15, -0.1) is 5.10 Å². The van der Waals surface area contributed by atoms with Crippen LogP contribution in [-0.2, 0) is 17.4 Å². The minimum absolute atomic E-state index is 0.107. The van der Waals surface area contributed by atoms with Crippen LogP contribution in [0.15, 0.2) is 27.9 Å². The van der Waals surface area contributed by atoms with E-state index in [0.717, 1.165) is 25.8 Å². The number of aliphatic hydroxyl groups is 1. The van der Waals surface area contributed by atoms with Gasteiger partial charge in [-0.2, -0.15) is 0 Å². The zero-order valence-corrected chi connectivity index (χ0v) is 21.8. The highest BCUT2D eigenvalue weighted by Gasteiger charge is 2.24. The molecule has 1 unspecified atom stereocenters. The number of fused-ring (bicyclic) bond motifs is 1. The number of aromatic amines is 1. The lowest BCUT2D eigenvalue weighted by Gasteiger charge is -2.33. The average Bonchev–Trinajstić information content (AvgIpc) is 3.15. The fraction of sp³-hybridized carbons (Fsp3) is 0.480. The molecule has 1 atom stereocenters. The lowest BCUT2D eigenvalue weighted by molar-refractivity contribution is 0.112. The molecule has 10 nitrogen and oxygen atoms in total. The number of benzene rings is 1. The number of carbonyl (C=O) groups is 1. The third-order valence-electron chi connectivity index (χ3n) is 6.48. The van der Waals surface area contributed by atoms with Gasteiger partial charge in [-0.3, -0.25) is 14.5 Å². The maximum absolute atomic E-state index is 13.4. The van der Waals surface area contributed by atoms with Crippen molar-refractivity contribution in [1.29, 1.82) is 0 Å². The second-order valence-electron chi connectivity index (χ2n) is 8.75. The molecular weight excluding hydrogens is 482 g/mol. The van der Waals surface area contributed by atoms with Crippen LogP contribution in [0.3, 0.4) is 0 Å². The van der Waals surface area contributed by atoms with E-state index in [9.17, 15) is 13.8 Å². The molecule has 11 heteroatoms.